The van der Waals surface area contributed by atoms with Gasteiger partial charge in [-0.05, 0) is 19.9 Å². The second-order valence-electron chi connectivity index (χ2n) is 4.33. The van der Waals surface area contributed by atoms with Crippen LogP contribution in [0.1, 0.15) is 24.7 Å². The number of likely N-dealkylation sites (N-methyl/N-ethyl adjacent to an activating group) is 1. The van der Waals surface area contributed by atoms with Gasteiger partial charge in [-0.25, -0.2) is 0 Å². The molecule has 1 aromatic rings. The van der Waals surface area contributed by atoms with Crippen molar-refractivity contribution >= 4 is 17.9 Å². The lowest BCUT2D eigenvalue weighted by molar-refractivity contribution is -0.138. The molecule has 0 aliphatic heterocycles. The van der Waals surface area contributed by atoms with Crippen LogP contribution in [0.3, 0.4) is 0 Å². The Morgan fingerprint density at radius 3 is 2.78 bits per heavy atom. The second-order valence-corrected chi connectivity index (χ2v) is 4.33. The molecule has 98 valence electrons. The zero-order valence-electron chi connectivity index (χ0n) is 9.92. The van der Waals surface area contributed by atoms with Crippen molar-refractivity contribution < 1.29 is 19.1 Å². The Morgan fingerprint density at radius 1 is 1.44 bits per heavy atom. The number of hydrogen-bond acceptors (Lipinski definition) is 6. The molecule has 0 aromatic carbocycles. The summed E-state index contributed by atoms with van der Waals surface area (Å²) in [5.41, 5.74) is 0. The molecule has 1 amide bonds. The second kappa shape index (κ2) is 5.13. The summed E-state index contributed by atoms with van der Waals surface area (Å²) < 4.78 is 5.25. The number of amides is 1. The van der Waals surface area contributed by atoms with Gasteiger partial charge < -0.3 is 9.52 Å². The molecule has 0 saturated heterocycles. The Hall–Kier alpha value is -1.96. The number of anilines is 1. The van der Waals surface area contributed by atoms with Gasteiger partial charge in [0.15, 0.2) is 0 Å². The molecule has 0 atom stereocenters. The molecule has 0 bridgehead atoms. The Bertz CT molecular complexity index is 454. The lowest BCUT2D eigenvalue weighted by Gasteiger charge is -2.11. The van der Waals surface area contributed by atoms with E-state index >= 15 is 0 Å². The van der Waals surface area contributed by atoms with Crippen LogP contribution in [0.4, 0.5) is 6.01 Å². The Kier molecular flexibility index (Phi) is 3.56. The summed E-state index contributed by atoms with van der Waals surface area (Å²) in [4.78, 5) is 23.3. The van der Waals surface area contributed by atoms with E-state index in [2.05, 4.69) is 15.5 Å². The molecular formula is C10H14N4O4. The highest BCUT2D eigenvalue weighted by Gasteiger charge is 2.29. The fourth-order valence-electron chi connectivity index (χ4n) is 1.47. The number of nitrogens with one attached hydrogen (secondary N) is 1. The molecule has 1 fully saturated rings. The van der Waals surface area contributed by atoms with Gasteiger partial charge in [-0.3, -0.25) is 19.8 Å². The minimum absolute atomic E-state index is 0.0482. The third-order valence-corrected chi connectivity index (χ3v) is 2.43. The van der Waals surface area contributed by atoms with Gasteiger partial charge in [-0.1, -0.05) is 5.10 Å². The predicted molar refractivity (Wildman–Crippen MR) is 60.0 cm³/mol. The van der Waals surface area contributed by atoms with E-state index in [0.29, 0.717) is 11.8 Å². The largest absolute Gasteiger partial charge is 0.480 e. The van der Waals surface area contributed by atoms with Crippen LogP contribution in [0.15, 0.2) is 4.42 Å². The molecule has 1 aliphatic rings. The van der Waals surface area contributed by atoms with Crippen molar-refractivity contribution in [3.8, 4) is 0 Å². The molecule has 0 spiro atoms. The van der Waals surface area contributed by atoms with E-state index in [-0.39, 0.29) is 25.0 Å². The number of carbonyl (C=O) groups is 2. The SMILES string of the molecule is CN(CC(=O)O)CC(=O)Nc1nnc(C2CC2)o1. The summed E-state index contributed by atoms with van der Waals surface area (Å²) >= 11 is 0. The van der Waals surface area contributed by atoms with Crippen LogP contribution < -0.4 is 5.32 Å². The zero-order valence-corrected chi connectivity index (χ0v) is 9.92. The number of hydrogen-bond donors (Lipinski definition) is 2. The quantitative estimate of drug-likeness (QED) is 0.729. The maximum absolute atomic E-state index is 11.5. The molecule has 8 heteroatoms. The van der Waals surface area contributed by atoms with E-state index in [1.165, 1.54) is 11.9 Å². The molecule has 8 nitrogen and oxygen atoms in total. The van der Waals surface area contributed by atoms with Crippen LogP contribution in [0.2, 0.25) is 0 Å². The van der Waals surface area contributed by atoms with Gasteiger partial charge in [-0.15, -0.1) is 5.10 Å². The van der Waals surface area contributed by atoms with Gasteiger partial charge in [0.25, 0.3) is 0 Å². The van der Waals surface area contributed by atoms with Crippen LogP contribution in [0.5, 0.6) is 0 Å². The van der Waals surface area contributed by atoms with Crippen molar-refractivity contribution in [1.29, 1.82) is 0 Å². The Balaban J connectivity index is 1.80. The highest BCUT2D eigenvalue weighted by molar-refractivity contribution is 5.90. The lowest BCUT2D eigenvalue weighted by atomic mass is 10.4. The molecule has 1 aromatic heterocycles. The van der Waals surface area contributed by atoms with Gasteiger partial charge in [0.05, 0.1) is 13.1 Å². The minimum Gasteiger partial charge on any atom is -0.480 e. The molecule has 1 saturated carbocycles. The molecule has 1 heterocycles. The van der Waals surface area contributed by atoms with E-state index in [0.717, 1.165) is 12.8 Å². The van der Waals surface area contributed by atoms with Crippen LogP contribution in [-0.4, -0.2) is 52.2 Å². The summed E-state index contributed by atoms with van der Waals surface area (Å²) in [6.45, 7) is -0.252. The van der Waals surface area contributed by atoms with E-state index in [9.17, 15) is 9.59 Å². The van der Waals surface area contributed by atoms with E-state index in [1.807, 2.05) is 0 Å². The number of aromatic nitrogens is 2. The fourth-order valence-corrected chi connectivity index (χ4v) is 1.47. The van der Waals surface area contributed by atoms with Crippen molar-refractivity contribution in [3.63, 3.8) is 0 Å². The van der Waals surface area contributed by atoms with Gasteiger partial charge in [-0.2, -0.15) is 0 Å². The highest BCUT2D eigenvalue weighted by Crippen LogP contribution is 2.39. The Labute approximate surface area is 103 Å². The molecule has 2 rings (SSSR count). The van der Waals surface area contributed by atoms with Gasteiger partial charge in [0, 0.05) is 5.92 Å². The first-order valence-electron chi connectivity index (χ1n) is 5.58. The van der Waals surface area contributed by atoms with Gasteiger partial charge >= 0.3 is 12.0 Å². The summed E-state index contributed by atoms with van der Waals surface area (Å²) in [7, 11) is 1.54. The first-order chi connectivity index (χ1) is 8.54. The van der Waals surface area contributed by atoms with Crippen molar-refractivity contribution in [1.82, 2.24) is 15.1 Å². The molecule has 2 N–H and O–H groups in total. The standard InChI is InChI=1S/C10H14N4O4/c1-14(5-8(16)17)4-7(15)11-10-13-12-9(18-10)6-2-3-6/h6H,2-5H2,1H3,(H,16,17)(H,11,13,15). The number of aliphatic carboxylic acids is 1. The fraction of sp³-hybridized carbons (Fsp3) is 0.600. The summed E-state index contributed by atoms with van der Waals surface area (Å²) in [5.74, 6) is -0.495. The average molecular weight is 254 g/mol. The van der Waals surface area contributed by atoms with Gasteiger partial charge in [0.2, 0.25) is 11.8 Å². The number of rotatable bonds is 6. The maximum Gasteiger partial charge on any atom is 0.322 e. The normalized spacial score (nSPS) is 14.8. The van der Waals surface area contributed by atoms with Crippen LogP contribution >= 0.6 is 0 Å². The molecule has 0 radical (unpaired) electrons. The number of carbonyl (C=O) groups excluding carboxylic acids is 1. The zero-order chi connectivity index (χ0) is 13.1. The summed E-state index contributed by atoms with van der Waals surface area (Å²) in [5, 5.41) is 18.5. The first-order valence-corrected chi connectivity index (χ1v) is 5.58. The lowest BCUT2D eigenvalue weighted by Crippen LogP contribution is -2.33. The van der Waals surface area contributed by atoms with Crippen molar-refractivity contribution in [2.24, 2.45) is 0 Å². The first kappa shape index (κ1) is 12.5. The molecule has 1 aliphatic carbocycles. The predicted octanol–water partition coefficient (Wildman–Crippen LogP) is -0.0981. The highest BCUT2D eigenvalue weighted by atomic mass is 16.4. The van der Waals surface area contributed by atoms with Crippen LogP contribution in [0, 0.1) is 0 Å². The number of nitrogens with zero attached hydrogens (tertiary/aromatic N) is 3. The number of carboxylic acid groups (broad SMARTS) is 1. The van der Waals surface area contributed by atoms with Gasteiger partial charge in [0.1, 0.15) is 0 Å². The topological polar surface area (TPSA) is 109 Å². The third-order valence-electron chi connectivity index (χ3n) is 2.43. The Morgan fingerprint density at radius 2 is 2.17 bits per heavy atom. The average Bonchev–Trinajstić information content (AvgIpc) is 2.99. The summed E-state index contributed by atoms with van der Waals surface area (Å²) in [6.07, 6.45) is 2.08. The van der Waals surface area contributed by atoms with E-state index < -0.39 is 5.97 Å². The van der Waals surface area contributed by atoms with Crippen molar-refractivity contribution in [2.75, 3.05) is 25.5 Å². The minimum atomic E-state index is -0.987. The van der Waals surface area contributed by atoms with Crippen molar-refractivity contribution in [3.05, 3.63) is 5.89 Å². The van der Waals surface area contributed by atoms with E-state index in [4.69, 9.17) is 9.52 Å². The third kappa shape index (κ3) is 3.52. The van der Waals surface area contributed by atoms with Crippen LogP contribution in [-0.2, 0) is 9.59 Å². The molecular weight excluding hydrogens is 240 g/mol. The van der Waals surface area contributed by atoms with E-state index in [1.54, 1.807) is 0 Å². The summed E-state index contributed by atoms with van der Waals surface area (Å²) in [6, 6.07) is 0.0608. The maximum atomic E-state index is 11.5. The smallest absolute Gasteiger partial charge is 0.322 e. The molecule has 18 heavy (non-hydrogen) atoms. The molecule has 0 unspecified atom stereocenters. The van der Waals surface area contributed by atoms with Crippen molar-refractivity contribution in [2.45, 2.75) is 18.8 Å². The van der Waals surface area contributed by atoms with Crippen LogP contribution in [0.25, 0.3) is 0 Å². The number of carboxylic acids is 1. The monoisotopic (exact) mass is 254 g/mol.